The van der Waals surface area contributed by atoms with Crippen molar-refractivity contribution in [2.24, 2.45) is 0 Å². The van der Waals surface area contributed by atoms with Gasteiger partial charge in [0.2, 0.25) is 0 Å². The zero-order valence-electron chi connectivity index (χ0n) is 18.0. The van der Waals surface area contributed by atoms with Gasteiger partial charge in [0, 0.05) is 28.0 Å². The second kappa shape index (κ2) is 6.52. The average molecular weight is 437 g/mol. The molecule has 6 aromatic rings. The number of aromatic nitrogens is 1. The molecule has 0 bridgehead atoms. The lowest BCUT2D eigenvalue weighted by molar-refractivity contribution is 0.465. The summed E-state index contributed by atoms with van der Waals surface area (Å²) in [7, 11) is 0. The number of furan rings is 1. The molecule has 0 saturated heterocycles. The van der Waals surface area contributed by atoms with Crippen molar-refractivity contribution in [1.29, 1.82) is 0 Å². The lowest BCUT2D eigenvalue weighted by atomic mass is 9.35. The number of nitrogens with zero attached hydrogens (tertiary/aromatic N) is 1. The predicted octanol–water partition coefficient (Wildman–Crippen LogP) is 5.38. The molecule has 0 radical (unpaired) electrons. The topological polar surface area (TPSA) is 44.5 Å². The summed E-state index contributed by atoms with van der Waals surface area (Å²) in [6, 6.07) is 30.6. The van der Waals surface area contributed by atoms with Gasteiger partial charge in [0.1, 0.15) is 34.2 Å². The Morgan fingerprint density at radius 2 is 1.41 bits per heavy atom. The third-order valence-corrected chi connectivity index (χ3v) is 6.87. The van der Waals surface area contributed by atoms with Crippen LogP contribution in [-0.4, -0.2) is 11.7 Å². The van der Waals surface area contributed by atoms with Crippen molar-refractivity contribution in [3.05, 3.63) is 97.2 Å². The monoisotopic (exact) mass is 437 g/mol. The van der Waals surface area contributed by atoms with Gasteiger partial charge in [-0.2, -0.15) is 0 Å². The third-order valence-electron chi connectivity index (χ3n) is 6.87. The lowest BCUT2D eigenvalue weighted by Gasteiger charge is -2.32. The van der Waals surface area contributed by atoms with Gasteiger partial charge in [0.05, 0.1) is 5.69 Å². The molecule has 2 aromatic heterocycles. The van der Waals surface area contributed by atoms with Crippen molar-refractivity contribution in [2.75, 3.05) is 0 Å². The molecule has 0 spiro atoms. The molecule has 0 aliphatic carbocycles. The molecule has 2 aliphatic heterocycles. The third kappa shape index (κ3) is 2.36. The van der Waals surface area contributed by atoms with E-state index in [4.69, 9.17) is 13.9 Å². The Hall–Kier alpha value is -4.51. The Morgan fingerprint density at radius 1 is 0.618 bits per heavy atom. The Bertz CT molecular complexity index is 1770. The number of hydrogen-bond donors (Lipinski definition) is 0. The van der Waals surface area contributed by atoms with Gasteiger partial charge in [-0.05, 0) is 59.5 Å². The van der Waals surface area contributed by atoms with Crippen LogP contribution in [0.4, 0.5) is 0 Å². The predicted molar refractivity (Wildman–Crippen MR) is 135 cm³/mol. The van der Waals surface area contributed by atoms with E-state index in [1.54, 1.807) is 6.20 Å². The molecule has 0 N–H and O–H groups in total. The van der Waals surface area contributed by atoms with Crippen LogP contribution in [0.2, 0.25) is 0 Å². The molecule has 2 aliphatic rings. The summed E-state index contributed by atoms with van der Waals surface area (Å²) in [5.41, 5.74) is 6.84. The smallest absolute Gasteiger partial charge is 0.260 e. The molecule has 4 aromatic carbocycles. The lowest BCUT2D eigenvalue weighted by Crippen LogP contribution is -2.57. The minimum absolute atomic E-state index is 0.0211. The van der Waals surface area contributed by atoms with Crippen molar-refractivity contribution < 1.29 is 13.9 Å². The van der Waals surface area contributed by atoms with Gasteiger partial charge in [-0.25, -0.2) is 0 Å². The van der Waals surface area contributed by atoms with E-state index in [2.05, 4.69) is 47.4 Å². The molecule has 5 heteroatoms. The molecule has 0 atom stereocenters. The first-order valence-corrected chi connectivity index (χ1v) is 11.3. The van der Waals surface area contributed by atoms with Gasteiger partial charge in [0.15, 0.2) is 0 Å². The first-order valence-electron chi connectivity index (χ1n) is 11.3. The van der Waals surface area contributed by atoms with Gasteiger partial charge in [-0.3, -0.25) is 4.98 Å². The minimum atomic E-state index is 0.0211. The van der Waals surface area contributed by atoms with Crippen LogP contribution in [0.1, 0.15) is 0 Å². The maximum absolute atomic E-state index is 6.49. The number of hydrogen-bond acceptors (Lipinski definition) is 4. The second-order valence-corrected chi connectivity index (χ2v) is 8.73. The van der Waals surface area contributed by atoms with E-state index >= 15 is 0 Å². The molecular weight excluding hydrogens is 421 g/mol. The Balaban J connectivity index is 1.42. The molecule has 8 rings (SSSR count). The quantitative estimate of drug-likeness (QED) is 0.324. The summed E-state index contributed by atoms with van der Waals surface area (Å²) >= 11 is 0. The molecule has 4 heterocycles. The average Bonchev–Trinajstić information content (AvgIpc) is 3.25. The van der Waals surface area contributed by atoms with E-state index in [1.807, 2.05) is 48.5 Å². The zero-order chi connectivity index (χ0) is 22.2. The molecule has 0 amide bonds. The maximum Gasteiger partial charge on any atom is 0.260 e. The molecule has 4 nitrogen and oxygen atoms in total. The molecule has 0 fully saturated rings. The summed E-state index contributed by atoms with van der Waals surface area (Å²) in [5.74, 6) is 3.41. The summed E-state index contributed by atoms with van der Waals surface area (Å²) in [6.07, 6.45) is 1.81. The SMILES string of the molecule is c1ccc(-c2cccc3c2oc2cc4c(cc23)Oc2cccc3c2B4c2ccccc2O3)nc1. The first-order chi connectivity index (χ1) is 16.8. The molecule has 158 valence electrons. The van der Waals surface area contributed by atoms with Crippen molar-refractivity contribution in [3.8, 4) is 34.3 Å². The standard InChI is InChI=1S/C29H16BNO3/c1-2-11-23-20(9-1)30-21-16-26-19(15-27(21)33-25-13-6-12-24(32-23)28(25)30)17-7-5-8-18(29(17)34-26)22-10-3-4-14-31-22/h1-16H. The molecule has 0 unspecified atom stereocenters. The number of para-hydroxylation sites is 2. The highest BCUT2D eigenvalue weighted by Gasteiger charge is 2.40. The highest BCUT2D eigenvalue weighted by atomic mass is 16.5. The van der Waals surface area contributed by atoms with Crippen LogP contribution in [0.15, 0.2) is 102 Å². The molecule has 0 saturated carbocycles. The number of rotatable bonds is 1. The number of fused-ring (bicyclic) bond motifs is 7. The molecular formula is C29H16BNO3. The number of benzene rings is 4. The van der Waals surface area contributed by atoms with Crippen molar-refractivity contribution >= 4 is 45.0 Å². The van der Waals surface area contributed by atoms with Crippen LogP contribution in [0.5, 0.6) is 23.0 Å². The Labute approximate surface area is 195 Å². The van der Waals surface area contributed by atoms with E-state index in [0.717, 1.165) is 72.6 Å². The summed E-state index contributed by atoms with van der Waals surface area (Å²) in [6.45, 7) is 0.0211. The highest BCUT2D eigenvalue weighted by molar-refractivity contribution is 6.98. The fourth-order valence-electron chi connectivity index (χ4n) is 5.39. The van der Waals surface area contributed by atoms with Crippen LogP contribution >= 0.6 is 0 Å². The summed E-state index contributed by atoms with van der Waals surface area (Å²) in [5, 5.41) is 2.09. The van der Waals surface area contributed by atoms with Crippen molar-refractivity contribution in [2.45, 2.75) is 0 Å². The Kier molecular flexibility index (Phi) is 3.45. The minimum Gasteiger partial charge on any atom is -0.458 e. The zero-order valence-corrected chi connectivity index (χ0v) is 18.0. The largest absolute Gasteiger partial charge is 0.458 e. The molecule has 34 heavy (non-hydrogen) atoms. The number of ether oxygens (including phenoxy) is 2. The van der Waals surface area contributed by atoms with Crippen LogP contribution in [0, 0.1) is 0 Å². The van der Waals surface area contributed by atoms with Gasteiger partial charge in [0.25, 0.3) is 6.71 Å². The van der Waals surface area contributed by atoms with E-state index in [0.29, 0.717) is 0 Å². The van der Waals surface area contributed by atoms with Crippen LogP contribution in [0.25, 0.3) is 33.2 Å². The number of pyridine rings is 1. The van der Waals surface area contributed by atoms with Gasteiger partial charge >= 0.3 is 0 Å². The Morgan fingerprint density at radius 3 is 2.29 bits per heavy atom. The van der Waals surface area contributed by atoms with Crippen LogP contribution in [0.3, 0.4) is 0 Å². The fraction of sp³-hybridized carbons (Fsp3) is 0. The van der Waals surface area contributed by atoms with E-state index in [-0.39, 0.29) is 6.71 Å². The van der Waals surface area contributed by atoms with Gasteiger partial charge in [-0.15, -0.1) is 0 Å². The van der Waals surface area contributed by atoms with Crippen LogP contribution < -0.4 is 25.9 Å². The normalized spacial score (nSPS) is 13.1. The summed E-state index contributed by atoms with van der Waals surface area (Å²) in [4.78, 5) is 4.54. The van der Waals surface area contributed by atoms with Gasteiger partial charge < -0.3 is 13.9 Å². The van der Waals surface area contributed by atoms with E-state index in [1.165, 1.54) is 0 Å². The van der Waals surface area contributed by atoms with E-state index < -0.39 is 0 Å². The van der Waals surface area contributed by atoms with Crippen molar-refractivity contribution in [3.63, 3.8) is 0 Å². The second-order valence-electron chi connectivity index (χ2n) is 8.73. The van der Waals surface area contributed by atoms with Crippen molar-refractivity contribution in [1.82, 2.24) is 4.98 Å². The van der Waals surface area contributed by atoms with Crippen LogP contribution in [-0.2, 0) is 0 Å². The fourth-order valence-corrected chi connectivity index (χ4v) is 5.39. The maximum atomic E-state index is 6.49. The van der Waals surface area contributed by atoms with E-state index in [9.17, 15) is 0 Å². The highest BCUT2D eigenvalue weighted by Crippen LogP contribution is 2.39. The summed E-state index contributed by atoms with van der Waals surface area (Å²) < 4.78 is 19.2. The van der Waals surface area contributed by atoms with Gasteiger partial charge in [-0.1, -0.05) is 42.5 Å². The first kappa shape index (κ1) is 18.0.